The first kappa shape index (κ1) is 43.3. The highest BCUT2D eigenvalue weighted by atomic mass is 15.0. The summed E-state index contributed by atoms with van der Waals surface area (Å²) in [6.45, 7) is 0. The van der Waals surface area contributed by atoms with E-state index in [0.717, 1.165) is 84.0 Å². The fourth-order valence-electron chi connectivity index (χ4n) is 13.7. The first-order chi connectivity index (χ1) is 39.7. The van der Waals surface area contributed by atoms with Gasteiger partial charge in [0.1, 0.15) is 0 Å². The minimum atomic E-state index is 0.688. The number of hydrogen-bond acceptors (Lipinski definition) is 2. The third-order valence-electron chi connectivity index (χ3n) is 17.1. The molecule has 6 nitrogen and oxygen atoms in total. The van der Waals surface area contributed by atoms with Gasteiger partial charge in [0.25, 0.3) is 0 Å². The molecule has 0 aliphatic heterocycles. The van der Waals surface area contributed by atoms with Crippen LogP contribution >= 0.6 is 0 Å². The lowest BCUT2D eigenvalue weighted by molar-refractivity contribution is 1.15. The fourth-order valence-corrected chi connectivity index (χ4v) is 13.7. The number of para-hydroxylation sites is 6. The highest BCUT2D eigenvalue weighted by molar-refractivity contribution is 6.18. The molecule has 0 N–H and O–H groups in total. The number of nitrogens with zero attached hydrogens (tertiary/aromatic N) is 6. The van der Waals surface area contributed by atoms with Gasteiger partial charge in [0.05, 0.1) is 55.5 Å². The lowest BCUT2D eigenvalue weighted by atomic mass is 9.99. The molecule has 5 heterocycles. The maximum atomic E-state index is 5.63. The predicted octanol–water partition coefficient (Wildman–Crippen LogP) is 19.0. The molecule has 1 aliphatic rings. The van der Waals surface area contributed by atoms with Crippen molar-refractivity contribution in [3.05, 3.63) is 267 Å². The number of aromatic nitrogens is 6. The normalized spacial score (nSPS) is 12.2. The molecule has 0 amide bonds. The largest absolute Gasteiger partial charge is 0.309 e. The van der Waals surface area contributed by atoms with Gasteiger partial charge < -0.3 is 18.3 Å². The van der Waals surface area contributed by atoms with E-state index < -0.39 is 0 Å². The van der Waals surface area contributed by atoms with Crippen molar-refractivity contribution in [1.29, 1.82) is 0 Å². The lowest BCUT2D eigenvalue weighted by Crippen LogP contribution is -2.00. The highest BCUT2D eigenvalue weighted by Gasteiger charge is 2.29. The van der Waals surface area contributed by atoms with Crippen LogP contribution in [0.5, 0.6) is 0 Å². The molecular weight excluding hydrogens is 973 g/mol. The van der Waals surface area contributed by atoms with Crippen LogP contribution in [0.2, 0.25) is 0 Å². The summed E-state index contributed by atoms with van der Waals surface area (Å²) in [6, 6.07) is 97.3. The molecule has 0 radical (unpaired) electrons. The van der Waals surface area contributed by atoms with Crippen LogP contribution < -0.4 is 0 Å². The molecular formula is C74H44N6. The van der Waals surface area contributed by atoms with Gasteiger partial charge >= 0.3 is 0 Å². The number of hydrogen-bond donors (Lipinski definition) is 0. The molecule has 0 spiro atoms. The van der Waals surface area contributed by atoms with Gasteiger partial charge in [-0.05, 0) is 126 Å². The van der Waals surface area contributed by atoms with E-state index in [2.05, 4.69) is 285 Å². The molecule has 0 saturated heterocycles. The van der Waals surface area contributed by atoms with Crippen molar-refractivity contribution in [2.45, 2.75) is 0 Å². The standard InChI is InChI=1S/C74H44N6/c1-7-28-62-52(20-1)53-21-2-8-29-63(53)79(62)50-38-40-68-60(43-50)56-24-5-11-32-66(56)77(68)48-36-34-46(35-37-48)74-75-72(71-58-26-14-16-45-17-15-27-59(70(45)58)73(71)76-74)47-18-13-19-49(42-47)78-67-33-12-6-25-57(67)61-44-51(39-41-69(61)78)80-64-30-9-3-22-54(64)55-23-4-10-31-65(55)80/h1-44H. The second-order valence-corrected chi connectivity index (χ2v) is 21.3. The molecule has 0 atom stereocenters. The van der Waals surface area contributed by atoms with E-state index in [1.807, 2.05) is 0 Å². The molecule has 1 aliphatic carbocycles. The van der Waals surface area contributed by atoms with Gasteiger partial charge in [0, 0.05) is 88.1 Å². The molecule has 6 heteroatoms. The van der Waals surface area contributed by atoms with E-state index in [1.54, 1.807) is 0 Å². The summed E-state index contributed by atoms with van der Waals surface area (Å²) in [4.78, 5) is 11.1. The highest BCUT2D eigenvalue weighted by Crippen LogP contribution is 2.51. The van der Waals surface area contributed by atoms with Crippen molar-refractivity contribution in [3.8, 4) is 67.8 Å². The second kappa shape index (κ2) is 16.4. The van der Waals surface area contributed by atoms with Crippen LogP contribution in [0.4, 0.5) is 0 Å². The minimum Gasteiger partial charge on any atom is -0.309 e. The molecule has 0 bridgehead atoms. The molecule has 17 aromatic rings. The molecule has 370 valence electrons. The number of rotatable bonds is 6. The molecule has 12 aromatic carbocycles. The number of fused-ring (bicyclic) bond motifs is 15. The van der Waals surface area contributed by atoms with Crippen LogP contribution in [0.3, 0.4) is 0 Å². The predicted molar refractivity (Wildman–Crippen MR) is 332 cm³/mol. The Labute approximate surface area is 458 Å². The zero-order valence-electron chi connectivity index (χ0n) is 43.1. The maximum Gasteiger partial charge on any atom is 0.160 e. The monoisotopic (exact) mass is 1020 g/mol. The summed E-state index contributed by atoms with van der Waals surface area (Å²) in [5.74, 6) is 0.688. The Hall–Kier alpha value is -10.8. The zero-order chi connectivity index (χ0) is 52.2. The zero-order valence-corrected chi connectivity index (χ0v) is 43.1. The van der Waals surface area contributed by atoms with E-state index in [9.17, 15) is 0 Å². The third kappa shape index (κ3) is 6.01. The van der Waals surface area contributed by atoms with Gasteiger partial charge in [0.2, 0.25) is 0 Å². The summed E-state index contributed by atoms with van der Waals surface area (Å²) >= 11 is 0. The summed E-state index contributed by atoms with van der Waals surface area (Å²) in [5, 5.41) is 12.3. The quantitative estimate of drug-likeness (QED) is 0.167. The first-order valence-corrected chi connectivity index (χ1v) is 27.4. The lowest BCUT2D eigenvalue weighted by Gasteiger charge is -2.15. The Bertz CT molecular complexity index is 5380. The van der Waals surface area contributed by atoms with Crippen LogP contribution in [0.25, 0.3) is 166 Å². The molecule has 0 fully saturated rings. The van der Waals surface area contributed by atoms with E-state index in [0.29, 0.717) is 5.82 Å². The molecule has 0 saturated carbocycles. The van der Waals surface area contributed by atoms with Crippen LogP contribution in [0, 0.1) is 0 Å². The van der Waals surface area contributed by atoms with E-state index in [1.165, 1.54) is 75.9 Å². The summed E-state index contributed by atoms with van der Waals surface area (Å²) in [5.41, 5.74) is 21.0. The summed E-state index contributed by atoms with van der Waals surface area (Å²) in [6.07, 6.45) is 0. The van der Waals surface area contributed by atoms with Crippen molar-refractivity contribution in [3.63, 3.8) is 0 Å². The Morgan fingerprint density at radius 1 is 0.237 bits per heavy atom. The molecule has 18 rings (SSSR count). The van der Waals surface area contributed by atoms with E-state index in [-0.39, 0.29) is 0 Å². The summed E-state index contributed by atoms with van der Waals surface area (Å²) < 4.78 is 9.62. The van der Waals surface area contributed by atoms with Crippen molar-refractivity contribution in [2.24, 2.45) is 0 Å². The second-order valence-electron chi connectivity index (χ2n) is 21.3. The molecule has 80 heavy (non-hydrogen) atoms. The van der Waals surface area contributed by atoms with Gasteiger partial charge in [-0.3, -0.25) is 0 Å². The topological polar surface area (TPSA) is 45.5 Å². The molecule has 0 unspecified atom stereocenters. The van der Waals surface area contributed by atoms with Gasteiger partial charge in [-0.15, -0.1) is 0 Å². The van der Waals surface area contributed by atoms with Crippen molar-refractivity contribution >= 4 is 98.0 Å². The Morgan fingerprint density at radius 3 is 1.10 bits per heavy atom. The minimum absolute atomic E-state index is 0.688. The maximum absolute atomic E-state index is 5.63. The smallest absolute Gasteiger partial charge is 0.160 e. The van der Waals surface area contributed by atoms with Crippen LogP contribution in [-0.2, 0) is 0 Å². The van der Waals surface area contributed by atoms with Crippen molar-refractivity contribution in [1.82, 2.24) is 28.2 Å². The fraction of sp³-hybridized carbons (Fsp3) is 0. The van der Waals surface area contributed by atoms with E-state index in [4.69, 9.17) is 9.97 Å². The van der Waals surface area contributed by atoms with Crippen LogP contribution in [0.1, 0.15) is 0 Å². The Kier molecular flexibility index (Phi) is 8.85. The van der Waals surface area contributed by atoms with Gasteiger partial charge in [-0.1, -0.05) is 158 Å². The van der Waals surface area contributed by atoms with Gasteiger partial charge in [0.15, 0.2) is 5.82 Å². The number of benzene rings is 12. The first-order valence-electron chi connectivity index (χ1n) is 27.4. The van der Waals surface area contributed by atoms with Gasteiger partial charge in [-0.25, -0.2) is 9.97 Å². The summed E-state index contributed by atoms with van der Waals surface area (Å²) in [7, 11) is 0. The Morgan fingerprint density at radius 2 is 0.613 bits per heavy atom. The van der Waals surface area contributed by atoms with Crippen molar-refractivity contribution in [2.75, 3.05) is 0 Å². The third-order valence-corrected chi connectivity index (χ3v) is 17.1. The Balaban J connectivity index is 0.779. The van der Waals surface area contributed by atoms with Gasteiger partial charge in [-0.2, -0.15) is 0 Å². The molecule has 5 aromatic heterocycles. The average molecular weight is 1020 g/mol. The van der Waals surface area contributed by atoms with Crippen LogP contribution in [0.15, 0.2) is 267 Å². The SMILES string of the molecule is c1cc(-c2nc(-c3ccc(-n4c5ccccc5c5cc(-n6c7ccccc7c7ccccc76)ccc54)cc3)nc3c2-c2cccc4cccc-3c24)cc(-n2c3ccccc3c3cc(-n4c5ccccc5c5ccccc54)ccc32)c1. The van der Waals surface area contributed by atoms with Crippen molar-refractivity contribution < 1.29 is 0 Å². The average Bonchev–Trinajstić information content (AvgIpc) is 4.35. The van der Waals surface area contributed by atoms with E-state index >= 15 is 0 Å². The van der Waals surface area contributed by atoms with Crippen LogP contribution in [-0.4, -0.2) is 28.2 Å².